The van der Waals surface area contributed by atoms with Crippen LogP contribution in [0.5, 0.6) is 0 Å². The van der Waals surface area contributed by atoms with Crippen molar-refractivity contribution in [1.82, 2.24) is 9.88 Å². The van der Waals surface area contributed by atoms with Gasteiger partial charge >= 0.3 is 0 Å². The molecule has 0 bridgehead atoms. The molecule has 1 unspecified atom stereocenters. The second kappa shape index (κ2) is 6.30. The number of carbonyl (C=O) groups is 1. The molecule has 1 aliphatic heterocycles. The maximum atomic E-state index is 12.8. The molecule has 0 saturated carbocycles. The van der Waals surface area contributed by atoms with Gasteiger partial charge in [0.15, 0.2) is 0 Å². The maximum Gasteiger partial charge on any atom is 0.270 e. The molecule has 0 aliphatic carbocycles. The first-order valence-electron chi connectivity index (χ1n) is 7.95. The average Bonchev–Trinajstić information content (AvgIpc) is 3.05. The van der Waals surface area contributed by atoms with Crippen molar-refractivity contribution in [3.63, 3.8) is 0 Å². The lowest BCUT2D eigenvalue weighted by Crippen LogP contribution is -2.42. The van der Waals surface area contributed by atoms with Crippen LogP contribution in [0.1, 0.15) is 22.2 Å². The molecule has 1 aromatic heterocycles. The summed E-state index contributed by atoms with van der Waals surface area (Å²) in [6.07, 6.45) is -0.0808. The summed E-state index contributed by atoms with van der Waals surface area (Å²) in [5, 5.41) is 1.61. The number of halogens is 1. The van der Waals surface area contributed by atoms with Crippen LogP contribution in [0.3, 0.4) is 0 Å². The Morgan fingerprint density at radius 3 is 2.83 bits per heavy atom. The van der Waals surface area contributed by atoms with Crippen LogP contribution in [0.2, 0.25) is 5.02 Å². The van der Waals surface area contributed by atoms with Gasteiger partial charge in [0.05, 0.1) is 13.2 Å². The van der Waals surface area contributed by atoms with Gasteiger partial charge in [-0.05, 0) is 29.8 Å². The number of amides is 1. The Hall–Kier alpha value is -2.30. The van der Waals surface area contributed by atoms with Gasteiger partial charge in [0, 0.05) is 22.5 Å². The Balaban J connectivity index is 1.56. The Labute approximate surface area is 145 Å². The SMILES string of the molecule is O=C(c1cc2cc(Cl)ccc2[nH]1)N1CCOC(c2ccccc2)C1. The first-order chi connectivity index (χ1) is 11.7. The lowest BCUT2D eigenvalue weighted by atomic mass is 10.1. The van der Waals surface area contributed by atoms with Crippen molar-refractivity contribution >= 4 is 28.4 Å². The number of rotatable bonds is 2. The van der Waals surface area contributed by atoms with Gasteiger partial charge in [-0.15, -0.1) is 0 Å². The quantitative estimate of drug-likeness (QED) is 0.765. The molecule has 1 atom stereocenters. The van der Waals surface area contributed by atoms with Gasteiger partial charge in [0.1, 0.15) is 11.8 Å². The highest BCUT2D eigenvalue weighted by Crippen LogP contribution is 2.25. The van der Waals surface area contributed by atoms with E-state index in [0.29, 0.717) is 30.4 Å². The summed E-state index contributed by atoms with van der Waals surface area (Å²) in [6.45, 7) is 1.69. The van der Waals surface area contributed by atoms with Crippen LogP contribution in [0.4, 0.5) is 0 Å². The van der Waals surface area contributed by atoms with Crippen molar-refractivity contribution in [2.24, 2.45) is 0 Å². The van der Waals surface area contributed by atoms with Crippen LogP contribution in [0.25, 0.3) is 10.9 Å². The minimum Gasteiger partial charge on any atom is -0.370 e. The van der Waals surface area contributed by atoms with Crippen LogP contribution in [0.15, 0.2) is 54.6 Å². The predicted octanol–water partition coefficient (Wildman–Crippen LogP) is 4.04. The van der Waals surface area contributed by atoms with Gasteiger partial charge in [0.25, 0.3) is 5.91 Å². The minimum absolute atomic E-state index is 0.00782. The second-order valence-electron chi connectivity index (χ2n) is 5.94. The van der Waals surface area contributed by atoms with E-state index in [-0.39, 0.29) is 12.0 Å². The predicted molar refractivity (Wildman–Crippen MR) is 94.3 cm³/mol. The van der Waals surface area contributed by atoms with E-state index in [1.54, 1.807) is 0 Å². The number of H-pyrrole nitrogens is 1. The van der Waals surface area contributed by atoms with Gasteiger partial charge in [0.2, 0.25) is 0 Å². The number of ether oxygens (including phenoxy) is 1. The average molecular weight is 341 g/mol. The van der Waals surface area contributed by atoms with E-state index in [1.165, 1.54) is 0 Å². The monoisotopic (exact) mass is 340 g/mol. The van der Waals surface area contributed by atoms with Crippen LogP contribution >= 0.6 is 11.6 Å². The smallest absolute Gasteiger partial charge is 0.270 e. The van der Waals surface area contributed by atoms with Crippen LogP contribution < -0.4 is 0 Å². The summed E-state index contributed by atoms with van der Waals surface area (Å²) in [5.41, 5.74) is 2.59. The Kier molecular flexibility index (Phi) is 4.00. The molecule has 5 heteroatoms. The van der Waals surface area contributed by atoms with Crippen LogP contribution in [-0.2, 0) is 4.74 Å². The fourth-order valence-electron chi connectivity index (χ4n) is 3.09. The van der Waals surface area contributed by atoms with Gasteiger partial charge < -0.3 is 14.6 Å². The first kappa shape index (κ1) is 15.2. The molecule has 3 aromatic rings. The number of aromatic nitrogens is 1. The molecular formula is C19H17ClN2O2. The number of fused-ring (bicyclic) bond motifs is 1. The van der Waals surface area contributed by atoms with Crippen LogP contribution in [0, 0.1) is 0 Å². The molecule has 2 aromatic carbocycles. The van der Waals surface area contributed by atoms with Crippen molar-refractivity contribution in [3.8, 4) is 0 Å². The topological polar surface area (TPSA) is 45.3 Å². The lowest BCUT2D eigenvalue weighted by molar-refractivity contribution is -0.0229. The standard InChI is InChI=1S/C19H17ClN2O2/c20-15-6-7-16-14(10-15)11-17(21-16)19(23)22-8-9-24-18(12-22)13-4-2-1-3-5-13/h1-7,10-11,18,21H,8-9,12H2. The third-order valence-corrected chi connectivity index (χ3v) is 4.57. The number of morpholine rings is 1. The maximum absolute atomic E-state index is 12.8. The number of hydrogen-bond acceptors (Lipinski definition) is 2. The first-order valence-corrected chi connectivity index (χ1v) is 8.32. The fraction of sp³-hybridized carbons (Fsp3) is 0.211. The van der Waals surface area contributed by atoms with Gasteiger partial charge in [-0.1, -0.05) is 41.9 Å². The molecule has 1 N–H and O–H groups in total. The molecule has 1 fully saturated rings. The third-order valence-electron chi connectivity index (χ3n) is 4.34. The molecule has 1 amide bonds. The zero-order valence-corrected chi connectivity index (χ0v) is 13.8. The third kappa shape index (κ3) is 2.90. The molecule has 0 radical (unpaired) electrons. The zero-order valence-electron chi connectivity index (χ0n) is 13.0. The fourth-order valence-corrected chi connectivity index (χ4v) is 3.27. The number of nitrogens with one attached hydrogen (secondary N) is 1. The number of benzene rings is 2. The van der Waals surface area contributed by atoms with E-state index in [1.807, 2.05) is 59.5 Å². The molecular weight excluding hydrogens is 324 g/mol. The number of aromatic amines is 1. The summed E-state index contributed by atoms with van der Waals surface area (Å²) in [6, 6.07) is 17.4. The number of nitrogens with zero attached hydrogens (tertiary/aromatic N) is 1. The van der Waals surface area contributed by atoms with Gasteiger partial charge in [-0.2, -0.15) is 0 Å². The summed E-state index contributed by atoms with van der Waals surface area (Å²) in [7, 11) is 0. The highest BCUT2D eigenvalue weighted by molar-refractivity contribution is 6.31. The van der Waals surface area contributed by atoms with Crippen LogP contribution in [-0.4, -0.2) is 35.5 Å². The summed E-state index contributed by atoms with van der Waals surface area (Å²) < 4.78 is 5.83. The molecule has 24 heavy (non-hydrogen) atoms. The Morgan fingerprint density at radius 2 is 2.00 bits per heavy atom. The second-order valence-corrected chi connectivity index (χ2v) is 6.37. The molecule has 122 valence electrons. The molecule has 4 rings (SSSR count). The summed E-state index contributed by atoms with van der Waals surface area (Å²) >= 11 is 6.02. The highest BCUT2D eigenvalue weighted by Gasteiger charge is 2.26. The normalized spacial score (nSPS) is 18.0. The zero-order chi connectivity index (χ0) is 16.5. The largest absolute Gasteiger partial charge is 0.370 e. The number of carbonyl (C=O) groups excluding carboxylic acids is 1. The van der Waals surface area contributed by atoms with Crippen molar-refractivity contribution in [3.05, 3.63) is 70.9 Å². The van der Waals surface area contributed by atoms with E-state index in [2.05, 4.69) is 4.98 Å². The van der Waals surface area contributed by atoms with Crippen molar-refractivity contribution in [1.29, 1.82) is 0 Å². The number of hydrogen-bond donors (Lipinski definition) is 1. The van der Waals surface area contributed by atoms with E-state index in [9.17, 15) is 4.79 Å². The van der Waals surface area contributed by atoms with Gasteiger partial charge in [-0.25, -0.2) is 0 Å². The lowest BCUT2D eigenvalue weighted by Gasteiger charge is -2.33. The molecule has 0 spiro atoms. The summed E-state index contributed by atoms with van der Waals surface area (Å²) in [5.74, 6) is -0.00782. The van der Waals surface area contributed by atoms with E-state index in [0.717, 1.165) is 16.5 Å². The van der Waals surface area contributed by atoms with Crippen molar-refractivity contribution in [2.75, 3.05) is 19.7 Å². The van der Waals surface area contributed by atoms with Gasteiger partial charge in [-0.3, -0.25) is 4.79 Å². The molecule has 1 aliphatic rings. The Morgan fingerprint density at radius 1 is 1.17 bits per heavy atom. The van der Waals surface area contributed by atoms with Crippen molar-refractivity contribution in [2.45, 2.75) is 6.10 Å². The highest BCUT2D eigenvalue weighted by atomic mass is 35.5. The van der Waals surface area contributed by atoms with Crippen molar-refractivity contribution < 1.29 is 9.53 Å². The minimum atomic E-state index is -0.0808. The molecule has 1 saturated heterocycles. The molecule has 4 nitrogen and oxygen atoms in total. The van der Waals surface area contributed by atoms with E-state index < -0.39 is 0 Å². The molecule has 2 heterocycles. The van der Waals surface area contributed by atoms with E-state index >= 15 is 0 Å². The van der Waals surface area contributed by atoms with E-state index in [4.69, 9.17) is 16.3 Å². The Bertz CT molecular complexity index is 875. The summed E-state index contributed by atoms with van der Waals surface area (Å²) in [4.78, 5) is 17.9.